The first kappa shape index (κ1) is 18.6. The summed E-state index contributed by atoms with van der Waals surface area (Å²) < 4.78 is 0. The van der Waals surface area contributed by atoms with Crippen molar-refractivity contribution in [3.05, 3.63) is 42.1 Å². The molecule has 0 spiro atoms. The van der Waals surface area contributed by atoms with Gasteiger partial charge in [-0.2, -0.15) is 0 Å². The molecule has 1 aromatic carbocycles. The highest BCUT2D eigenvalue weighted by Gasteiger charge is 2.57. The summed E-state index contributed by atoms with van der Waals surface area (Å²) in [5.41, 5.74) is 3.24. The summed E-state index contributed by atoms with van der Waals surface area (Å²) in [6.07, 6.45) is 18.5. The predicted octanol–water partition coefficient (Wildman–Crippen LogP) is 6.50. The molecule has 3 unspecified atom stereocenters. The fourth-order valence-electron chi connectivity index (χ4n) is 7.36. The Kier molecular flexibility index (Phi) is 4.72. The lowest BCUT2D eigenvalue weighted by molar-refractivity contribution is 0.109. The molecule has 0 N–H and O–H groups in total. The Hall–Kier alpha value is -1.44. The maximum Gasteiger partial charge on any atom is 0.105 e. The van der Waals surface area contributed by atoms with Crippen LogP contribution in [-0.2, 0) is 0 Å². The monoisotopic (exact) mass is 378 g/mol. The molecule has 0 amide bonds. The Morgan fingerprint density at radius 2 is 1.61 bits per heavy atom. The Labute approximate surface area is 172 Å². The number of nitrogens with zero attached hydrogens (tertiary/aromatic N) is 2. The quantitative estimate of drug-likeness (QED) is 0.592. The molecule has 2 aliphatic heterocycles. The number of hydrogen-bond acceptors (Lipinski definition) is 2. The van der Waals surface area contributed by atoms with E-state index < -0.39 is 0 Å². The molecular formula is C26H38N2. The maximum atomic E-state index is 2.84. The topological polar surface area (TPSA) is 6.48 Å². The van der Waals surface area contributed by atoms with E-state index in [1.807, 2.05) is 0 Å². The smallest absolute Gasteiger partial charge is 0.105 e. The van der Waals surface area contributed by atoms with Crippen LogP contribution in [0.2, 0.25) is 0 Å². The third-order valence-corrected chi connectivity index (χ3v) is 8.75. The lowest BCUT2D eigenvalue weighted by Gasteiger charge is -2.40. The van der Waals surface area contributed by atoms with Crippen LogP contribution in [0.5, 0.6) is 0 Å². The number of benzene rings is 1. The molecule has 0 radical (unpaired) electrons. The van der Waals surface area contributed by atoms with Crippen molar-refractivity contribution < 1.29 is 0 Å². The summed E-state index contributed by atoms with van der Waals surface area (Å²) in [5.74, 6) is 1.67. The molecule has 2 aliphatic carbocycles. The third-order valence-electron chi connectivity index (χ3n) is 8.75. The SMILES string of the molecule is Cc1ccccc1N1C(C2CCCCC2)N2C=CC(C)(C3CCCC3)C2[C@@H]1C. The normalized spacial score (nSPS) is 36.5. The number of anilines is 1. The van der Waals surface area contributed by atoms with Crippen molar-refractivity contribution in [2.24, 2.45) is 17.3 Å². The molecule has 4 atom stereocenters. The van der Waals surface area contributed by atoms with Crippen molar-refractivity contribution >= 4 is 5.69 Å². The fourth-order valence-corrected chi connectivity index (χ4v) is 7.36. The Morgan fingerprint density at radius 3 is 2.32 bits per heavy atom. The molecule has 0 bridgehead atoms. The molecule has 28 heavy (non-hydrogen) atoms. The van der Waals surface area contributed by atoms with Gasteiger partial charge < -0.3 is 9.80 Å². The molecule has 152 valence electrons. The Morgan fingerprint density at radius 1 is 0.929 bits per heavy atom. The lowest BCUT2D eigenvalue weighted by atomic mass is 9.70. The first-order valence-corrected chi connectivity index (χ1v) is 11.9. The van der Waals surface area contributed by atoms with E-state index in [1.54, 1.807) is 0 Å². The Bertz CT molecular complexity index is 728. The van der Waals surface area contributed by atoms with Crippen LogP contribution < -0.4 is 4.90 Å². The van der Waals surface area contributed by atoms with Crippen LogP contribution in [0, 0.1) is 24.2 Å². The molecule has 1 saturated heterocycles. The second-order valence-corrected chi connectivity index (χ2v) is 10.3. The summed E-state index contributed by atoms with van der Waals surface area (Å²) in [4.78, 5) is 5.66. The van der Waals surface area contributed by atoms with E-state index in [0.717, 1.165) is 11.8 Å². The highest BCUT2D eigenvalue weighted by molar-refractivity contribution is 5.57. The van der Waals surface area contributed by atoms with Crippen molar-refractivity contribution in [3.63, 3.8) is 0 Å². The molecular weight excluding hydrogens is 340 g/mol. The van der Waals surface area contributed by atoms with Gasteiger partial charge in [-0.3, -0.25) is 0 Å². The van der Waals surface area contributed by atoms with Gasteiger partial charge in [0.15, 0.2) is 0 Å². The third kappa shape index (κ3) is 2.74. The van der Waals surface area contributed by atoms with Crippen LogP contribution in [0.4, 0.5) is 5.69 Å². The maximum absolute atomic E-state index is 2.84. The highest BCUT2D eigenvalue weighted by Crippen LogP contribution is 2.55. The molecule has 0 aromatic heterocycles. The lowest BCUT2D eigenvalue weighted by Crippen LogP contribution is -2.45. The van der Waals surface area contributed by atoms with Gasteiger partial charge in [0.25, 0.3) is 0 Å². The number of para-hydroxylation sites is 1. The average molecular weight is 379 g/mol. The van der Waals surface area contributed by atoms with Crippen LogP contribution in [0.1, 0.15) is 77.2 Å². The summed E-state index contributed by atoms with van der Waals surface area (Å²) in [6, 6.07) is 10.3. The second-order valence-electron chi connectivity index (χ2n) is 10.3. The van der Waals surface area contributed by atoms with Gasteiger partial charge in [-0.25, -0.2) is 0 Å². The standard InChI is InChI=1S/C26H38N2/c1-19-11-7-10-16-23(19)28-20(2)24-26(3,22-14-8-9-15-22)17-18-27(24)25(28)21-12-5-4-6-13-21/h7,10-11,16-18,20-22,24-25H,4-6,8-9,12-15H2,1-3H3/t20-,24?,25?,26?/m0/s1. The zero-order valence-corrected chi connectivity index (χ0v) is 18.1. The van der Waals surface area contributed by atoms with Crippen LogP contribution in [0.15, 0.2) is 36.5 Å². The summed E-state index contributed by atoms with van der Waals surface area (Å²) in [6.45, 7) is 7.41. The van der Waals surface area contributed by atoms with E-state index in [1.165, 1.54) is 69.0 Å². The van der Waals surface area contributed by atoms with E-state index in [2.05, 4.69) is 67.1 Å². The molecule has 2 nitrogen and oxygen atoms in total. The van der Waals surface area contributed by atoms with Gasteiger partial charge in [-0.05, 0) is 69.2 Å². The summed E-state index contributed by atoms with van der Waals surface area (Å²) in [7, 11) is 0. The van der Waals surface area contributed by atoms with Gasteiger partial charge in [0.1, 0.15) is 6.17 Å². The van der Waals surface area contributed by atoms with Gasteiger partial charge in [0, 0.05) is 17.1 Å². The molecule has 1 aromatic rings. The average Bonchev–Trinajstić information content (AvgIpc) is 3.42. The van der Waals surface area contributed by atoms with E-state index in [9.17, 15) is 0 Å². The van der Waals surface area contributed by atoms with Crippen molar-refractivity contribution in [3.8, 4) is 0 Å². The second kappa shape index (κ2) is 7.11. The number of rotatable bonds is 3. The van der Waals surface area contributed by atoms with Gasteiger partial charge in [0.05, 0.1) is 6.04 Å². The minimum atomic E-state index is 0.334. The molecule has 5 rings (SSSR count). The van der Waals surface area contributed by atoms with E-state index >= 15 is 0 Å². The van der Waals surface area contributed by atoms with Crippen LogP contribution in [0.3, 0.4) is 0 Å². The van der Waals surface area contributed by atoms with E-state index in [-0.39, 0.29) is 0 Å². The highest BCUT2D eigenvalue weighted by atomic mass is 15.5. The zero-order chi connectivity index (χ0) is 19.3. The van der Waals surface area contributed by atoms with Crippen molar-refractivity contribution in [2.45, 2.75) is 96.8 Å². The van der Waals surface area contributed by atoms with Crippen molar-refractivity contribution in [1.29, 1.82) is 0 Å². The summed E-state index contributed by atoms with van der Waals surface area (Å²) >= 11 is 0. The minimum Gasteiger partial charge on any atom is -0.352 e. The molecule has 4 aliphatic rings. The Balaban J connectivity index is 1.56. The largest absolute Gasteiger partial charge is 0.352 e. The van der Waals surface area contributed by atoms with Crippen molar-refractivity contribution in [2.75, 3.05) is 4.90 Å². The van der Waals surface area contributed by atoms with Gasteiger partial charge in [-0.15, -0.1) is 0 Å². The minimum absolute atomic E-state index is 0.334. The molecule has 2 heterocycles. The molecule has 3 fully saturated rings. The zero-order valence-electron chi connectivity index (χ0n) is 18.1. The number of aryl methyl sites for hydroxylation is 1. The van der Waals surface area contributed by atoms with Gasteiger partial charge >= 0.3 is 0 Å². The van der Waals surface area contributed by atoms with Crippen LogP contribution in [-0.4, -0.2) is 23.1 Å². The first-order chi connectivity index (χ1) is 13.6. The predicted molar refractivity (Wildman–Crippen MR) is 118 cm³/mol. The number of fused-ring (bicyclic) bond motifs is 1. The first-order valence-electron chi connectivity index (χ1n) is 11.9. The number of hydrogen-bond donors (Lipinski definition) is 0. The molecule has 2 saturated carbocycles. The van der Waals surface area contributed by atoms with Gasteiger partial charge in [-0.1, -0.05) is 63.3 Å². The van der Waals surface area contributed by atoms with Gasteiger partial charge in [0.2, 0.25) is 0 Å². The van der Waals surface area contributed by atoms with E-state index in [0.29, 0.717) is 23.7 Å². The summed E-state index contributed by atoms with van der Waals surface area (Å²) in [5, 5.41) is 0. The molecule has 2 heteroatoms. The van der Waals surface area contributed by atoms with Crippen molar-refractivity contribution in [1.82, 2.24) is 4.90 Å². The van der Waals surface area contributed by atoms with Crippen LogP contribution in [0.25, 0.3) is 0 Å². The van der Waals surface area contributed by atoms with Crippen LogP contribution >= 0.6 is 0 Å². The van der Waals surface area contributed by atoms with E-state index in [4.69, 9.17) is 0 Å². The fraction of sp³-hybridized carbons (Fsp3) is 0.692.